The molecule has 2 heterocycles. The van der Waals surface area contributed by atoms with Crippen LogP contribution >= 0.6 is 46.4 Å². The number of pyridine rings is 1. The SMILES string of the molecule is Clc1cc(Cl)cc(-c2nc(-c3cccnc3)nc(-c3cc(Cl)cc(Cl)c3)n2)c1. The van der Waals surface area contributed by atoms with Gasteiger partial charge in [-0.05, 0) is 48.5 Å². The van der Waals surface area contributed by atoms with Crippen molar-refractivity contribution in [2.24, 2.45) is 0 Å². The highest BCUT2D eigenvalue weighted by molar-refractivity contribution is 6.35. The molecule has 0 bridgehead atoms. The molecule has 0 aliphatic carbocycles. The lowest BCUT2D eigenvalue weighted by atomic mass is 10.1. The lowest BCUT2D eigenvalue weighted by molar-refractivity contribution is 1.07. The van der Waals surface area contributed by atoms with Crippen LogP contribution < -0.4 is 0 Å². The topological polar surface area (TPSA) is 51.6 Å². The zero-order valence-corrected chi connectivity index (χ0v) is 17.1. The van der Waals surface area contributed by atoms with Crippen molar-refractivity contribution in [3.8, 4) is 34.2 Å². The molecule has 0 unspecified atom stereocenters. The Labute approximate surface area is 181 Å². The number of hydrogen-bond acceptors (Lipinski definition) is 4. The zero-order valence-electron chi connectivity index (χ0n) is 14.1. The minimum atomic E-state index is 0.421. The van der Waals surface area contributed by atoms with Crippen molar-refractivity contribution in [2.75, 3.05) is 0 Å². The van der Waals surface area contributed by atoms with Crippen LogP contribution in [0.1, 0.15) is 0 Å². The summed E-state index contributed by atoms with van der Waals surface area (Å²) in [6.07, 6.45) is 3.36. The fraction of sp³-hybridized carbons (Fsp3) is 0. The lowest BCUT2D eigenvalue weighted by Crippen LogP contribution is -2.00. The van der Waals surface area contributed by atoms with E-state index < -0.39 is 0 Å². The minimum absolute atomic E-state index is 0.421. The molecule has 0 amide bonds. The molecule has 0 saturated heterocycles. The van der Waals surface area contributed by atoms with Gasteiger partial charge in [0.15, 0.2) is 17.5 Å². The van der Waals surface area contributed by atoms with Gasteiger partial charge in [-0.25, -0.2) is 15.0 Å². The number of nitrogens with zero attached hydrogens (tertiary/aromatic N) is 4. The Hall–Kier alpha value is -2.24. The average Bonchev–Trinajstić information content (AvgIpc) is 2.67. The van der Waals surface area contributed by atoms with Gasteiger partial charge < -0.3 is 0 Å². The number of aromatic nitrogens is 4. The standard InChI is InChI=1S/C20H10Cl4N4/c21-14-4-12(5-15(22)8-14)19-26-18(11-2-1-3-25-10-11)27-20(28-19)13-6-16(23)9-17(24)7-13/h1-10H. The fourth-order valence-corrected chi connectivity index (χ4v) is 3.68. The minimum Gasteiger partial charge on any atom is -0.264 e. The second kappa shape index (κ2) is 8.02. The van der Waals surface area contributed by atoms with Gasteiger partial charge in [0.25, 0.3) is 0 Å². The van der Waals surface area contributed by atoms with Crippen molar-refractivity contribution in [2.45, 2.75) is 0 Å². The van der Waals surface area contributed by atoms with Gasteiger partial charge in [-0.3, -0.25) is 4.98 Å². The predicted molar refractivity (Wildman–Crippen MR) is 114 cm³/mol. The van der Waals surface area contributed by atoms with Crippen LogP contribution in [0.5, 0.6) is 0 Å². The number of halogens is 4. The molecule has 4 aromatic rings. The van der Waals surface area contributed by atoms with Gasteiger partial charge in [0, 0.05) is 49.2 Å². The predicted octanol–water partition coefficient (Wildman–Crippen LogP) is 6.88. The molecule has 0 saturated carbocycles. The van der Waals surface area contributed by atoms with Crippen LogP contribution in [-0.4, -0.2) is 19.9 Å². The molecule has 0 aliphatic heterocycles. The Bertz CT molecular complexity index is 1060. The van der Waals surface area contributed by atoms with E-state index in [1.165, 1.54) is 0 Å². The second-order valence-electron chi connectivity index (χ2n) is 5.86. The van der Waals surface area contributed by atoms with Gasteiger partial charge in [0.2, 0.25) is 0 Å². The first-order valence-corrected chi connectivity index (χ1v) is 9.58. The third kappa shape index (κ3) is 4.26. The molecule has 0 fully saturated rings. The average molecular weight is 448 g/mol. The lowest BCUT2D eigenvalue weighted by Gasteiger charge is -2.09. The summed E-state index contributed by atoms with van der Waals surface area (Å²) in [5, 5.41) is 1.94. The van der Waals surface area contributed by atoms with Crippen molar-refractivity contribution in [1.29, 1.82) is 0 Å². The summed E-state index contributed by atoms with van der Waals surface area (Å²) in [6, 6.07) is 13.9. The molecular weight excluding hydrogens is 438 g/mol. The van der Waals surface area contributed by atoms with Crippen LogP contribution in [0.2, 0.25) is 20.1 Å². The number of benzene rings is 2. The van der Waals surface area contributed by atoms with Gasteiger partial charge in [0.05, 0.1) is 0 Å². The van der Waals surface area contributed by atoms with E-state index >= 15 is 0 Å². The van der Waals surface area contributed by atoms with E-state index in [9.17, 15) is 0 Å². The molecule has 0 spiro atoms. The summed E-state index contributed by atoms with van der Waals surface area (Å²) >= 11 is 24.6. The van der Waals surface area contributed by atoms with Gasteiger partial charge in [-0.2, -0.15) is 0 Å². The van der Waals surface area contributed by atoms with E-state index in [0.29, 0.717) is 48.7 Å². The molecule has 4 nitrogen and oxygen atoms in total. The van der Waals surface area contributed by atoms with E-state index in [-0.39, 0.29) is 0 Å². The van der Waals surface area contributed by atoms with E-state index in [2.05, 4.69) is 19.9 Å². The highest BCUT2D eigenvalue weighted by Crippen LogP contribution is 2.30. The molecule has 2 aromatic heterocycles. The maximum Gasteiger partial charge on any atom is 0.165 e. The molecule has 28 heavy (non-hydrogen) atoms. The van der Waals surface area contributed by atoms with Crippen molar-refractivity contribution in [1.82, 2.24) is 19.9 Å². The second-order valence-corrected chi connectivity index (χ2v) is 7.61. The van der Waals surface area contributed by atoms with Crippen LogP contribution in [0.4, 0.5) is 0 Å². The first-order valence-electron chi connectivity index (χ1n) is 8.07. The third-order valence-corrected chi connectivity index (χ3v) is 4.67. The van der Waals surface area contributed by atoms with Crippen LogP contribution in [0, 0.1) is 0 Å². The summed E-state index contributed by atoms with van der Waals surface area (Å²) in [5.74, 6) is 1.30. The first kappa shape index (κ1) is 19.1. The van der Waals surface area contributed by atoms with Gasteiger partial charge in [-0.15, -0.1) is 0 Å². The third-order valence-electron chi connectivity index (χ3n) is 3.80. The molecular formula is C20H10Cl4N4. The molecule has 0 radical (unpaired) electrons. The van der Waals surface area contributed by atoms with Gasteiger partial charge >= 0.3 is 0 Å². The van der Waals surface area contributed by atoms with Crippen molar-refractivity contribution < 1.29 is 0 Å². The van der Waals surface area contributed by atoms with E-state index in [0.717, 1.165) is 5.56 Å². The maximum atomic E-state index is 6.15. The molecule has 0 atom stereocenters. The maximum absolute atomic E-state index is 6.15. The molecule has 4 rings (SSSR count). The highest BCUT2D eigenvalue weighted by atomic mass is 35.5. The normalized spacial score (nSPS) is 10.9. The first-order chi connectivity index (χ1) is 13.5. The molecule has 8 heteroatoms. The Morgan fingerprint density at radius 2 is 0.964 bits per heavy atom. The van der Waals surface area contributed by atoms with Gasteiger partial charge in [0.1, 0.15) is 0 Å². The number of rotatable bonds is 3. The van der Waals surface area contributed by atoms with Crippen LogP contribution in [0.3, 0.4) is 0 Å². The van der Waals surface area contributed by atoms with Crippen molar-refractivity contribution >= 4 is 46.4 Å². The van der Waals surface area contributed by atoms with E-state index in [1.54, 1.807) is 48.8 Å². The largest absolute Gasteiger partial charge is 0.264 e. The summed E-state index contributed by atoms with van der Waals surface area (Å²) in [7, 11) is 0. The smallest absolute Gasteiger partial charge is 0.165 e. The Morgan fingerprint density at radius 1 is 0.536 bits per heavy atom. The highest BCUT2D eigenvalue weighted by Gasteiger charge is 2.14. The number of hydrogen-bond donors (Lipinski definition) is 0. The molecule has 138 valence electrons. The summed E-state index contributed by atoms with van der Waals surface area (Å²) in [4.78, 5) is 17.9. The fourth-order valence-electron chi connectivity index (χ4n) is 2.62. The van der Waals surface area contributed by atoms with Crippen molar-refractivity contribution in [3.63, 3.8) is 0 Å². The molecule has 2 aromatic carbocycles. The van der Waals surface area contributed by atoms with E-state index in [4.69, 9.17) is 46.4 Å². The van der Waals surface area contributed by atoms with E-state index in [1.807, 2.05) is 12.1 Å². The van der Waals surface area contributed by atoms with Gasteiger partial charge in [-0.1, -0.05) is 46.4 Å². The Balaban J connectivity index is 1.95. The quantitative estimate of drug-likeness (QED) is 0.343. The van der Waals surface area contributed by atoms with Crippen LogP contribution in [0.25, 0.3) is 34.2 Å². The summed E-state index contributed by atoms with van der Waals surface area (Å²) in [6.45, 7) is 0. The summed E-state index contributed by atoms with van der Waals surface area (Å²) < 4.78 is 0. The van der Waals surface area contributed by atoms with Crippen LogP contribution in [0.15, 0.2) is 60.9 Å². The monoisotopic (exact) mass is 446 g/mol. The molecule has 0 aliphatic rings. The van der Waals surface area contributed by atoms with Crippen LogP contribution in [-0.2, 0) is 0 Å². The Morgan fingerprint density at radius 3 is 1.36 bits per heavy atom. The summed E-state index contributed by atoms with van der Waals surface area (Å²) in [5.41, 5.74) is 2.08. The Kier molecular flexibility index (Phi) is 5.47. The zero-order chi connectivity index (χ0) is 19.7. The van der Waals surface area contributed by atoms with Crippen molar-refractivity contribution in [3.05, 3.63) is 81.0 Å². The molecule has 0 N–H and O–H groups in total.